The van der Waals surface area contributed by atoms with Crippen molar-refractivity contribution in [2.45, 2.75) is 17.7 Å². The standard InChI is InChI=1S/C25H20F3N3O3S/c26-17-6-8-19(20(28)10-17)24-14-34-25(33,21-9-7-18(27)12-29-21)11-16(24)13-35-23(31-24)30-22(32)15-4-2-1-3-5-15/h1-10,12,16,33H,11,13-14H2,(H,30,31,32)/t16-,24-,25?/m0/s1. The molecular formula is C25H20F3N3O3S. The molecule has 1 fully saturated rings. The molecule has 0 saturated carbocycles. The number of carbonyl (C=O) groups excluding carboxylic acids is 1. The molecule has 1 aromatic heterocycles. The zero-order valence-electron chi connectivity index (χ0n) is 18.2. The van der Waals surface area contributed by atoms with Crippen LogP contribution < -0.4 is 5.32 Å². The molecule has 1 amide bonds. The van der Waals surface area contributed by atoms with Gasteiger partial charge >= 0.3 is 0 Å². The Kier molecular flexibility index (Phi) is 6.12. The Bertz CT molecular complexity index is 1290. The van der Waals surface area contributed by atoms with E-state index in [2.05, 4.69) is 10.3 Å². The zero-order chi connectivity index (χ0) is 24.6. The molecule has 0 radical (unpaired) electrons. The summed E-state index contributed by atoms with van der Waals surface area (Å²) in [7, 11) is 0. The molecule has 180 valence electrons. The minimum atomic E-state index is -1.85. The topological polar surface area (TPSA) is 83.8 Å². The van der Waals surface area contributed by atoms with Crippen LogP contribution in [0, 0.1) is 23.4 Å². The molecular weight excluding hydrogens is 479 g/mol. The van der Waals surface area contributed by atoms with Gasteiger partial charge in [0.2, 0.25) is 5.79 Å². The van der Waals surface area contributed by atoms with Gasteiger partial charge in [0.05, 0.1) is 18.5 Å². The van der Waals surface area contributed by atoms with Crippen LogP contribution in [-0.2, 0) is 16.1 Å². The largest absolute Gasteiger partial charge is 0.361 e. The fourth-order valence-corrected chi connectivity index (χ4v) is 5.57. The second-order valence-corrected chi connectivity index (χ2v) is 9.44. The summed E-state index contributed by atoms with van der Waals surface area (Å²) >= 11 is 1.25. The molecule has 1 saturated heterocycles. The van der Waals surface area contributed by atoms with Crippen LogP contribution in [0.1, 0.15) is 28.0 Å². The first kappa shape index (κ1) is 23.5. The summed E-state index contributed by atoms with van der Waals surface area (Å²) in [6.45, 7) is -0.277. The quantitative estimate of drug-likeness (QED) is 0.567. The van der Waals surface area contributed by atoms with Gasteiger partial charge in [-0.25, -0.2) is 18.2 Å². The first-order valence-corrected chi connectivity index (χ1v) is 11.8. The van der Waals surface area contributed by atoms with Crippen molar-refractivity contribution >= 4 is 22.8 Å². The molecule has 0 bridgehead atoms. The molecule has 2 aromatic carbocycles. The summed E-state index contributed by atoms with van der Waals surface area (Å²) in [5, 5.41) is 14.2. The first-order chi connectivity index (χ1) is 16.8. The van der Waals surface area contributed by atoms with Gasteiger partial charge in [-0.05, 0) is 30.3 Å². The zero-order valence-corrected chi connectivity index (χ0v) is 19.1. The molecule has 3 aromatic rings. The smallest absolute Gasteiger partial charge is 0.257 e. The van der Waals surface area contributed by atoms with Crippen molar-refractivity contribution in [3.05, 3.63) is 101 Å². The second kappa shape index (κ2) is 9.10. The van der Waals surface area contributed by atoms with Crippen molar-refractivity contribution in [3.8, 4) is 0 Å². The van der Waals surface area contributed by atoms with Gasteiger partial charge < -0.3 is 15.2 Å². The Hall–Kier alpha value is -3.21. The summed E-state index contributed by atoms with van der Waals surface area (Å²) in [5.74, 6) is -4.48. The third-order valence-electron chi connectivity index (χ3n) is 6.23. The number of fused-ring (bicyclic) bond motifs is 1. The van der Waals surface area contributed by atoms with Crippen LogP contribution >= 0.6 is 11.8 Å². The monoisotopic (exact) mass is 499 g/mol. The third-order valence-corrected chi connectivity index (χ3v) is 7.27. The van der Waals surface area contributed by atoms with Crippen LogP contribution in [0.4, 0.5) is 13.2 Å². The number of thioether (sulfide) groups is 1. The molecule has 2 N–H and O–H groups in total. The van der Waals surface area contributed by atoms with Gasteiger partial charge in [0.15, 0.2) is 5.17 Å². The molecule has 35 heavy (non-hydrogen) atoms. The van der Waals surface area contributed by atoms with Gasteiger partial charge in [-0.3, -0.25) is 9.78 Å². The van der Waals surface area contributed by atoms with E-state index in [0.717, 1.165) is 24.4 Å². The lowest BCUT2D eigenvalue weighted by atomic mass is 9.73. The van der Waals surface area contributed by atoms with Crippen molar-refractivity contribution in [3.63, 3.8) is 0 Å². The molecule has 6 nitrogen and oxygen atoms in total. The van der Waals surface area contributed by atoms with Gasteiger partial charge in [-0.2, -0.15) is 0 Å². The van der Waals surface area contributed by atoms with Gasteiger partial charge in [0.25, 0.3) is 5.91 Å². The average molecular weight is 500 g/mol. The van der Waals surface area contributed by atoms with E-state index in [1.807, 2.05) is 0 Å². The van der Waals surface area contributed by atoms with Crippen molar-refractivity contribution in [2.24, 2.45) is 10.9 Å². The fraction of sp³-hybridized carbons (Fsp3) is 0.240. The maximum Gasteiger partial charge on any atom is 0.257 e. The molecule has 10 heteroatoms. The summed E-state index contributed by atoms with van der Waals surface area (Å²) < 4.78 is 47.9. The van der Waals surface area contributed by atoms with E-state index in [0.29, 0.717) is 11.3 Å². The summed E-state index contributed by atoms with van der Waals surface area (Å²) in [5.41, 5.74) is -0.709. The first-order valence-electron chi connectivity index (χ1n) is 10.8. The Morgan fingerprint density at radius 2 is 1.86 bits per heavy atom. The van der Waals surface area contributed by atoms with Crippen molar-refractivity contribution in [1.82, 2.24) is 10.3 Å². The summed E-state index contributed by atoms with van der Waals surface area (Å²) in [6, 6.07) is 14.2. The van der Waals surface area contributed by atoms with Crippen LogP contribution in [0.25, 0.3) is 0 Å². The number of carbonyl (C=O) groups is 1. The van der Waals surface area contributed by atoms with Crippen molar-refractivity contribution < 1.29 is 27.8 Å². The lowest BCUT2D eigenvalue weighted by molar-refractivity contribution is -0.264. The Balaban J connectivity index is 1.52. The molecule has 1 unspecified atom stereocenters. The normalized spacial score (nSPS) is 25.9. The van der Waals surface area contributed by atoms with E-state index in [9.17, 15) is 18.7 Å². The van der Waals surface area contributed by atoms with Gasteiger partial charge in [0, 0.05) is 35.3 Å². The maximum absolute atomic E-state index is 15.0. The Labute approximate surface area is 203 Å². The van der Waals surface area contributed by atoms with Gasteiger partial charge in [-0.15, -0.1) is 0 Å². The second-order valence-electron chi connectivity index (χ2n) is 8.43. The summed E-state index contributed by atoms with van der Waals surface area (Å²) in [6.07, 6.45) is 0.946. The van der Waals surface area contributed by atoms with Crippen LogP contribution in [0.5, 0.6) is 0 Å². The minimum absolute atomic E-state index is 0.0289. The minimum Gasteiger partial charge on any atom is -0.361 e. The number of hydrogen-bond acceptors (Lipinski definition) is 6. The van der Waals surface area contributed by atoms with Crippen molar-refractivity contribution in [2.75, 3.05) is 12.4 Å². The fourth-order valence-electron chi connectivity index (χ4n) is 4.43. The lowest BCUT2D eigenvalue weighted by Crippen LogP contribution is -2.54. The van der Waals surface area contributed by atoms with Crippen molar-refractivity contribution in [1.29, 1.82) is 0 Å². The maximum atomic E-state index is 15.0. The van der Waals surface area contributed by atoms with Crippen LogP contribution in [0.3, 0.4) is 0 Å². The molecule has 0 spiro atoms. The van der Waals surface area contributed by atoms with E-state index in [4.69, 9.17) is 9.73 Å². The van der Waals surface area contributed by atoms with E-state index in [-0.39, 0.29) is 35.4 Å². The third kappa shape index (κ3) is 4.44. The SMILES string of the molecule is O=C(NC1=N[C@@]2(c3ccc(F)cc3F)COC(O)(c3ccc(F)cn3)C[C@H]2CS1)c1ccccc1. The Morgan fingerprint density at radius 1 is 1.09 bits per heavy atom. The molecule has 3 atom stereocenters. The number of pyridine rings is 1. The highest BCUT2D eigenvalue weighted by molar-refractivity contribution is 8.13. The molecule has 3 heterocycles. The van der Waals surface area contributed by atoms with E-state index < -0.39 is 34.7 Å². The Morgan fingerprint density at radius 3 is 2.57 bits per heavy atom. The molecule has 2 aliphatic heterocycles. The number of nitrogens with zero attached hydrogens (tertiary/aromatic N) is 2. The number of ether oxygens (including phenoxy) is 1. The van der Waals surface area contributed by atoms with E-state index in [1.165, 1.54) is 23.9 Å². The van der Waals surface area contributed by atoms with Gasteiger partial charge in [0.1, 0.15) is 23.0 Å². The number of rotatable bonds is 3. The number of aliphatic hydroxyl groups is 1. The van der Waals surface area contributed by atoms with E-state index in [1.54, 1.807) is 30.3 Å². The number of aromatic nitrogens is 1. The number of hydrogen-bond donors (Lipinski definition) is 2. The number of nitrogens with one attached hydrogen (secondary N) is 1. The van der Waals surface area contributed by atoms with Crippen LogP contribution in [-0.4, -0.2) is 33.5 Å². The number of benzene rings is 2. The lowest BCUT2D eigenvalue weighted by Gasteiger charge is -2.49. The highest BCUT2D eigenvalue weighted by Gasteiger charge is 2.55. The average Bonchev–Trinajstić information content (AvgIpc) is 2.85. The molecule has 5 rings (SSSR count). The number of amides is 1. The predicted molar refractivity (Wildman–Crippen MR) is 124 cm³/mol. The number of aliphatic imine (C=N–C) groups is 1. The predicted octanol–water partition coefficient (Wildman–Crippen LogP) is 4.11. The van der Waals surface area contributed by atoms with Crippen LogP contribution in [0.15, 0.2) is 71.9 Å². The summed E-state index contributed by atoms with van der Waals surface area (Å²) in [4.78, 5) is 21.4. The molecule has 2 aliphatic rings. The van der Waals surface area contributed by atoms with E-state index >= 15 is 4.39 Å². The number of halogens is 3. The highest BCUT2D eigenvalue weighted by Crippen LogP contribution is 2.51. The highest BCUT2D eigenvalue weighted by atomic mass is 32.2. The van der Waals surface area contributed by atoms with Gasteiger partial charge in [-0.1, -0.05) is 36.0 Å². The number of amidine groups is 1. The van der Waals surface area contributed by atoms with Crippen LogP contribution in [0.2, 0.25) is 0 Å². The molecule has 0 aliphatic carbocycles.